The molecular formula is C36H44FN9O3. The predicted molar refractivity (Wildman–Crippen MR) is 184 cm³/mol. The van der Waals surface area contributed by atoms with Crippen LogP contribution in [-0.2, 0) is 22.6 Å². The van der Waals surface area contributed by atoms with E-state index in [4.69, 9.17) is 0 Å². The summed E-state index contributed by atoms with van der Waals surface area (Å²) in [6, 6.07) is 7.38. The molecular weight excluding hydrogens is 625 g/mol. The molecule has 2 fully saturated rings. The van der Waals surface area contributed by atoms with Crippen LogP contribution in [0.15, 0.2) is 55.2 Å². The van der Waals surface area contributed by atoms with Crippen molar-refractivity contribution in [3.05, 3.63) is 72.3 Å². The third kappa shape index (κ3) is 8.10. The number of hydrogen-bond donors (Lipinski definition) is 2. The molecule has 0 radical (unpaired) electrons. The second-order valence-corrected chi connectivity index (χ2v) is 13.1. The topological polar surface area (TPSA) is 138 Å². The van der Waals surface area contributed by atoms with E-state index in [1.807, 2.05) is 18.9 Å². The number of amides is 2. The van der Waals surface area contributed by atoms with Crippen molar-refractivity contribution in [1.82, 2.24) is 34.5 Å². The lowest BCUT2D eigenvalue weighted by molar-refractivity contribution is -0.133. The molecule has 2 N–H and O–H groups in total. The minimum Gasteiger partial charge on any atom is -0.357 e. The fourth-order valence-electron chi connectivity index (χ4n) is 7.02. The van der Waals surface area contributed by atoms with Gasteiger partial charge in [0.2, 0.25) is 11.8 Å². The Morgan fingerprint density at radius 1 is 1.00 bits per heavy atom. The van der Waals surface area contributed by atoms with Crippen LogP contribution in [0.2, 0.25) is 0 Å². The molecule has 2 atom stereocenters. The second kappa shape index (κ2) is 15.6. The highest BCUT2D eigenvalue weighted by Gasteiger charge is 2.33. The Bertz CT molecular complexity index is 1780. The van der Waals surface area contributed by atoms with E-state index < -0.39 is 17.8 Å². The van der Waals surface area contributed by atoms with E-state index in [2.05, 4.69) is 35.6 Å². The van der Waals surface area contributed by atoms with Crippen molar-refractivity contribution < 1.29 is 18.8 Å². The maximum Gasteiger partial charge on any atom is 0.245 e. The van der Waals surface area contributed by atoms with E-state index in [0.717, 1.165) is 50.6 Å². The van der Waals surface area contributed by atoms with E-state index >= 15 is 4.39 Å². The lowest BCUT2D eigenvalue weighted by Crippen LogP contribution is -2.52. The van der Waals surface area contributed by atoms with Gasteiger partial charge in [0, 0.05) is 69.3 Å². The van der Waals surface area contributed by atoms with Gasteiger partial charge in [0.15, 0.2) is 5.78 Å². The fourth-order valence-corrected chi connectivity index (χ4v) is 7.02. The summed E-state index contributed by atoms with van der Waals surface area (Å²) in [7, 11) is 2.03. The van der Waals surface area contributed by atoms with Gasteiger partial charge in [-0.05, 0) is 62.6 Å². The highest BCUT2D eigenvalue weighted by Crippen LogP contribution is 2.34. The molecule has 1 saturated carbocycles. The molecule has 2 amide bonds. The Balaban J connectivity index is 1.20. The number of nitrogens with zero attached hydrogens (tertiary/aromatic N) is 7. The molecule has 4 heterocycles. The summed E-state index contributed by atoms with van der Waals surface area (Å²) in [5.74, 6) is -1.25. The number of pyridine rings is 1. The number of fused-ring (bicyclic) bond motifs is 1. The summed E-state index contributed by atoms with van der Waals surface area (Å²) in [4.78, 5) is 57.8. The number of carbonyl (C=O) groups excluding carboxylic acids is 3. The molecule has 0 bridgehead atoms. The van der Waals surface area contributed by atoms with Crippen LogP contribution < -0.4 is 10.6 Å². The Hall–Kier alpha value is -4.78. The van der Waals surface area contributed by atoms with Crippen molar-refractivity contribution in [3.8, 4) is 0 Å². The summed E-state index contributed by atoms with van der Waals surface area (Å²) in [6.45, 7) is 5.17. The third-order valence-electron chi connectivity index (χ3n) is 9.86. The SMILES string of the molecule is CCn1nccc1C(=O)C[C@H](C(=O)Nc1ccc(C[C@@H](Nc2ncnc3cnccc23)C(=O)N2CCN(C)CC2)cc1F)C1CCCCC1. The molecule has 0 unspecified atom stereocenters. The Kier molecular flexibility index (Phi) is 10.9. The quantitative estimate of drug-likeness (QED) is 0.208. The first kappa shape index (κ1) is 34.1. The third-order valence-corrected chi connectivity index (χ3v) is 9.86. The van der Waals surface area contributed by atoms with Crippen LogP contribution >= 0.6 is 0 Å². The molecule has 1 aliphatic carbocycles. The average Bonchev–Trinajstić information content (AvgIpc) is 3.61. The largest absolute Gasteiger partial charge is 0.357 e. The van der Waals surface area contributed by atoms with Crippen molar-refractivity contribution >= 4 is 40.0 Å². The zero-order valence-corrected chi connectivity index (χ0v) is 28.1. The van der Waals surface area contributed by atoms with Gasteiger partial charge in [-0.2, -0.15) is 5.10 Å². The van der Waals surface area contributed by atoms with Gasteiger partial charge in [0.05, 0.1) is 17.4 Å². The number of halogens is 1. The van der Waals surface area contributed by atoms with Crippen molar-refractivity contribution in [2.75, 3.05) is 43.9 Å². The number of nitrogens with one attached hydrogen (secondary N) is 2. The van der Waals surface area contributed by atoms with E-state index in [9.17, 15) is 14.4 Å². The lowest BCUT2D eigenvalue weighted by atomic mass is 9.77. The van der Waals surface area contributed by atoms with E-state index in [-0.39, 0.29) is 42.0 Å². The number of piperazine rings is 1. The first-order chi connectivity index (χ1) is 23.8. The molecule has 12 nitrogen and oxygen atoms in total. The number of aromatic nitrogens is 5. The summed E-state index contributed by atoms with van der Waals surface area (Å²) in [5.41, 5.74) is 1.75. The highest BCUT2D eigenvalue weighted by atomic mass is 19.1. The number of anilines is 2. The summed E-state index contributed by atoms with van der Waals surface area (Å²) < 4.78 is 17.4. The van der Waals surface area contributed by atoms with Crippen LogP contribution in [0.4, 0.5) is 15.9 Å². The number of hydrogen-bond acceptors (Lipinski definition) is 9. The van der Waals surface area contributed by atoms with Gasteiger partial charge in [-0.1, -0.05) is 25.3 Å². The Morgan fingerprint density at radius 3 is 2.55 bits per heavy atom. The minimum atomic E-state index is -0.729. The van der Waals surface area contributed by atoms with Crippen molar-refractivity contribution in [2.24, 2.45) is 11.8 Å². The minimum absolute atomic E-state index is 0.0391. The summed E-state index contributed by atoms with van der Waals surface area (Å²) >= 11 is 0. The van der Waals surface area contributed by atoms with Gasteiger partial charge in [0.1, 0.15) is 29.7 Å². The van der Waals surface area contributed by atoms with Gasteiger partial charge in [-0.15, -0.1) is 0 Å². The molecule has 13 heteroatoms. The summed E-state index contributed by atoms with van der Waals surface area (Å²) in [5, 5.41) is 11.1. The number of aryl methyl sites for hydroxylation is 1. The molecule has 1 aromatic carbocycles. The summed E-state index contributed by atoms with van der Waals surface area (Å²) in [6.07, 6.45) is 11.3. The standard InChI is InChI=1S/C36H44FN9O3/c1-3-46-32(12-14-41-46)33(47)21-27(25-7-5-4-6-8-25)35(48)43-29-10-9-24(19-28(29)37)20-30(36(49)45-17-15-44(2)16-18-45)42-34-26-11-13-38-22-31(26)39-23-40-34/h9-14,19,22-23,25,27,30H,3-8,15-18,20-21H2,1-2H3,(H,43,48)(H,39,40,42)/t27-,30+/m0/s1. The first-order valence-corrected chi connectivity index (χ1v) is 17.2. The van der Waals surface area contributed by atoms with Crippen molar-refractivity contribution in [1.29, 1.82) is 0 Å². The van der Waals surface area contributed by atoms with E-state index in [1.165, 1.54) is 18.5 Å². The van der Waals surface area contributed by atoms with Gasteiger partial charge in [0.25, 0.3) is 0 Å². The number of rotatable bonds is 12. The van der Waals surface area contributed by atoms with Crippen LogP contribution in [0.5, 0.6) is 0 Å². The van der Waals surface area contributed by atoms with Crippen LogP contribution in [0.25, 0.3) is 10.9 Å². The maximum atomic E-state index is 15.7. The normalized spacial score (nSPS) is 17.1. The molecule has 258 valence electrons. The van der Waals surface area contributed by atoms with Crippen molar-refractivity contribution in [3.63, 3.8) is 0 Å². The smallest absolute Gasteiger partial charge is 0.245 e. The first-order valence-electron chi connectivity index (χ1n) is 17.2. The average molecular weight is 670 g/mol. The number of benzene rings is 1. The van der Waals surface area contributed by atoms with Crippen LogP contribution in [-0.4, -0.2) is 91.4 Å². The molecule has 49 heavy (non-hydrogen) atoms. The molecule has 6 rings (SSSR count). The van der Waals surface area contributed by atoms with Crippen LogP contribution in [0, 0.1) is 17.7 Å². The van der Waals surface area contributed by atoms with Crippen molar-refractivity contribution in [2.45, 2.75) is 64.5 Å². The second-order valence-electron chi connectivity index (χ2n) is 13.1. The predicted octanol–water partition coefficient (Wildman–Crippen LogP) is 4.59. The fraction of sp³-hybridized carbons (Fsp3) is 0.472. The number of carbonyl (C=O) groups is 3. The van der Waals surface area contributed by atoms with Gasteiger partial charge >= 0.3 is 0 Å². The molecule has 4 aromatic rings. The Labute approximate surface area is 285 Å². The van der Waals surface area contributed by atoms with E-state index in [0.29, 0.717) is 42.2 Å². The molecule has 1 saturated heterocycles. The van der Waals surface area contributed by atoms with Gasteiger partial charge in [-0.3, -0.25) is 24.0 Å². The number of ketones is 1. The molecule has 2 aliphatic rings. The Morgan fingerprint density at radius 2 is 1.80 bits per heavy atom. The monoisotopic (exact) mass is 669 g/mol. The van der Waals surface area contributed by atoms with Gasteiger partial charge < -0.3 is 20.4 Å². The van der Waals surface area contributed by atoms with Crippen LogP contribution in [0.3, 0.4) is 0 Å². The molecule has 3 aromatic heterocycles. The zero-order valence-electron chi connectivity index (χ0n) is 28.1. The highest BCUT2D eigenvalue weighted by molar-refractivity contribution is 6.00. The molecule has 0 spiro atoms. The lowest BCUT2D eigenvalue weighted by Gasteiger charge is -2.35. The van der Waals surface area contributed by atoms with E-state index in [1.54, 1.807) is 41.5 Å². The maximum absolute atomic E-state index is 15.7. The zero-order chi connectivity index (χ0) is 34.3. The number of likely N-dealkylation sites (N-methyl/N-ethyl adjacent to an activating group) is 1. The van der Waals surface area contributed by atoms with Crippen LogP contribution in [0.1, 0.15) is 61.5 Å². The van der Waals surface area contributed by atoms with Gasteiger partial charge in [-0.25, -0.2) is 14.4 Å². The number of Topliss-reactive ketones (excluding diaryl/α,β-unsaturated/α-hetero) is 1. The molecule has 1 aliphatic heterocycles.